The van der Waals surface area contributed by atoms with Crippen molar-refractivity contribution in [2.24, 2.45) is 0 Å². The zero-order valence-electron chi connectivity index (χ0n) is 20.3. The first-order valence-electron chi connectivity index (χ1n) is 11.8. The number of para-hydroxylation sites is 1. The quantitative estimate of drug-likeness (QED) is 0.251. The van der Waals surface area contributed by atoms with Crippen molar-refractivity contribution in [1.29, 1.82) is 5.26 Å². The summed E-state index contributed by atoms with van der Waals surface area (Å²) in [4.78, 5) is 17.1. The van der Waals surface area contributed by atoms with E-state index in [9.17, 15) is 5.26 Å². The van der Waals surface area contributed by atoms with Gasteiger partial charge in [-0.25, -0.2) is 19.8 Å². The third-order valence-electron chi connectivity index (χ3n) is 6.48. The summed E-state index contributed by atoms with van der Waals surface area (Å²) >= 11 is 0. The highest BCUT2D eigenvalue weighted by atomic mass is 15.0. The Morgan fingerprint density at radius 3 is 2.19 bits per heavy atom. The zero-order valence-corrected chi connectivity index (χ0v) is 20.3. The van der Waals surface area contributed by atoms with Gasteiger partial charge in [0.25, 0.3) is 0 Å². The number of nitrogens with zero attached hydrogens (tertiary/aromatic N) is 6. The summed E-state index contributed by atoms with van der Waals surface area (Å²) in [6.45, 7) is 11.4. The van der Waals surface area contributed by atoms with Crippen molar-refractivity contribution in [2.75, 3.05) is 0 Å². The lowest BCUT2D eigenvalue weighted by molar-refractivity contribution is 0.929. The van der Waals surface area contributed by atoms with E-state index in [-0.39, 0.29) is 0 Å². The van der Waals surface area contributed by atoms with Crippen LogP contribution in [-0.2, 0) is 0 Å². The van der Waals surface area contributed by atoms with Crippen molar-refractivity contribution in [3.05, 3.63) is 114 Å². The molecule has 0 unspecified atom stereocenters. The molecule has 4 aromatic carbocycles. The van der Waals surface area contributed by atoms with E-state index in [0.29, 0.717) is 34.3 Å². The van der Waals surface area contributed by atoms with Crippen LogP contribution < -0.4 is 0 Å². The van der Waals surface area contributed by atoms with Crippen LogP contribution in [0.25, 0.3) is 54.9 Å². The van der Waals surface area contributed by atoms with Crippen LogP contribution in [0.1, 0.15) is 17.2 Å². The minimum Gasteiger partial charge on any atom is -0.309 e. The summed E-state index contributed by atoms with van der Waals surface area (Å²) in [5.41, 5.74) is 6.94. The number of hydrogen-bond donors (Lipinski definition) is 0. The van der Waals surface area contributed by atoms with E-state index in [1.54, 1.807) is 0 Å². The maximum atomic E-state index is 9.17. The number of rotatable bonds is 3. The van der Waals surface area contributed by atoms with Crippen LogP contribution in [0.2, 0.25) is 0 Å². The van der Waals surface area contributed by atoms with Crippen LogP contribution in [0.3, 0.4) is 0 Å². The lowest BCUT2D eigenvalue weighted by Crippen LogP contribution is -2.00. The second-order valence-corrected chi connectivity index (χ2v) is 8.84. The minimum atomic E-state index is 0.493. The topological polar surface area (TPSA) is 71.8 Å². The van der Waals surface area contributed by atoms with E-state index in [2.05, 4.69) is 60.8 Å². The van der Waals surface area contributed by atoms with Crippen LogP contribution >= 0.6 is 0 Å². The van der Waals surface area contributed by atoms with Crippen molar-refractivity contribution in [3.8, 4) is 34.3 Å². The van der Waals surface area contributed by atoms with Gasteiger partial charge in [0.1, 0.15) is 11.6 Å². The average molecular weight is 477 g/mol. The standard InChI is InChI=1S/C31H20N6/c1-19-34-20(2)36-31(35-19)27-17-24(13-15-28(27)33-3)37-29-7-5-4-6-25(29)26-14-12-23(16-30(26)37)22-10-8-21(18-32)9-11-22/h4-17H,1-2H3. The fourth-order valence-electron chi connectivity index (χ4n) is 4.84. The fraction of sp³-hybridized carbons (Fsp3) is 0.0645. The average Bonchev–Trinajstić information content (AvgIpc) is 3.26. The highest BCUT2D eigenvalue weighted by Gasteiger charge is 2.16. The molecule has 0 N–H and O–H groups in total. The number of aryl methyl sites for hydroxylation is 2. The molecule has 6 rings (SSSR count). The molecule has 0 radical (unpaired) electrons. The van der Waals surface area contributed by atoms with E-state index < -0.39 is 0 Å². The molecule has 0 aliphatic heterocycles. The van der Waals surface area contributed by atoms with Crippen molar-refractivity contribution in [2.45, 2.75) is 13.8 Å². The Bertz CT molecular complexity index is 1900. The van der Waals surface area contributed by atoms with Crippen molar-refractivity contribution in [1.82, 2.24) is 19.5 Å². The molecule has 6 heteroatoms. The largest absolute Gasteiger partial charge is 0.309 e. The summed E-state index contributed by atoms with van der Waals surface area (Å²) in [6.07, 6.45) is 0. The normalized spacial score (nSPS) is 10.9. The lowest BCUT2D eigenvalue weighted by atomic mass is 10.0. The molecular weight excluding hydrogens is 456 g/mol. The lowest BCUT2D eigenvalue weighted by Gasteiger charge is -2.12. The van der Waals surface area contributed by atoms with Crippen LogP contribution in [0.4, 0.5) is 5.69 Å². The molecule has 0 fully saturated rings. The Morgan fingerprint density at radius 2 is 1.46 bits per heavy atom. The van der Waals surface area contributed by atoms with E-state index in [4.69, 9.17) is 6.57 Å². The predicted octanol–water partition coefficient (Wildman–Crippen LogP) is 7.34. The minimum absolute atomic E-state index is 0.493. The van der Waals surface area contributed by atoms with Gasteiger partial charge >= 0.3 is 0 Å². The maximum Gasteiger partial charge on any atom is 0.198 e. The molecule has 2 aromatic heterocycles. The molecular formula is C31H20N6. The van der Waals surface area contributed by atoms with Gasteiger partial charge in [0.05, 0.1) is 29.2 Å². The van der Waals surface area contributed by atoms with Crippen LogP contribution in [0, 0.1) is 31.8 Å². The number of hydrogen-bond acceptors (Lipinski definition) is 4. The van der Waals surface area contributed by atoms with Gasteiger partial charge in [-0.1, -0.05) is 48.5 Å². The number of fused-ring (bicyclic) bond motifs is 3. The third-order valence-corrected chi connectivity index (χ3v) is 6.48. The number of aromatic nitrogens is 4. The second kappa shape index (κ2) is 8.71. The predicted molar refractivity (Wildman–Crippen MR) is 145 cm³/mol. The van der Waals surface area contributed by atoms with Crippen molar-refractivity contribution < 1.29 is 0 Å². The summed E-state index contributed by atoms with van der Waals surface area (Å²) in [6, 6.07) is 30.3. The van der Waals surface area contributed by atoms with Gasteiger partial charge in [-0.05, 0) is 61.4 Å². The number of nitriles is 1. The molecule has 174 valence electrons. The Hall–Kier alpha value is -5.33. The van der Waals surface area contributed by atoms with Gasteiger partial charge in [-0.2, -0.15) is 5.26 Å². The fourth-order valence-corrected chi connectivity index (χ4v) is 4.84. The molecule has 0 atom stereocenters. The van der Waals surface area contributed by atoms with Gasteiger partial charge < -0.3 is 4.57 Å². The van der Waals surface area contributed by atoms with Gasteiger partial charge in [0, 0.05) is 22.0 Å². The Morgan fingerprint density at radius 1 is 0.757 bits per heavy atom. The summed E-state index contributed by atoms with van der Waals surface area (Å²) in [5.74, 6) is 1.73. The molecule has 6 nitrogen and oxygen atoms in total. The van der Waals surface area contributed by atoms with Gasteiger partial charge in [-0.3, -0.25) is 0 Å². The van der Waals surface area contributed by atoms with Crippen molar-refractivity contribution >= 4 is 27.5 Å². The SMILES string of the molecule is [C-]#[N+]c1ccc(-n2c3ccccc3c3ccc(-c4ccc(C#N)cc4)cc32)cc1-c1nc(C)nc(C)n1. The molecule has 2 heterocycles. The molecule has 0 spiro atoms. The van der Waals surface area contributed by atoms with Gasteiger partial charge in [0.2, 0.25) is 0 Å². The van der Waals surface area contributed by atoms with Gasteiger partial charge in [0.15, 0.2) is 11.5 Å². The summed E-state index contributed by atoms with van der Waals surface area (Å²) in [5, 5.41) is 11.5. The van der Waals surface area contributed by atoms with E-state index in [1.807, 2.05) is 68.4 Å². The Kier molecular flexibility index (Phi) is 5.22. The molecule has 0 saturated heterocycles. The number of benzene rings is 4. The molecule has 0 aliphatic rings. The molecule has 0 amide bonds. The maximum absolute atomic E-state index is 9.17. The first-order chi connectivity index (χ1) is 18.1. The van der Waals surface area contributed by atoms with Crippen LogP contribution in [0.5, 0.6) is 0 Å². The van der Waals surface area contributed by atoms with E-state index >= 15 is 0 Å². The van der Waals surface area contributed by atoms with Crippen LogP contribution in [0.15, 0.2) is 84.9 Å². The smallest absolute Gasteiger partial charge is 0.198 e. The monoisotopic (exact) mass is 476 g/mol. The Labute approximate surface area is 213 Å². The van der Waals surface area contributed by atoms with E-state index in [1.165, 1.54) is 0 Å². The second-order valence-electron chi connectivity index (χ2n) is 8.84. The third kappa shape index (κ3) is 3.78. The first-order valence-corrected chi connectivity index (χ1v) is 11.8. The molecule has 0 saturated carbocycles. The highest BCUT2D eigenvalue weighted by molar-refractivity contribution is 6.10. The molecule has 0 aliphatic carbocycles. The molecule has 6 aromatic rings. The van der Waals surface area contributed by atoms with Crippen molar-refractivity contribution in [3.63, 3.8) is 0 Å². The van der Waals surface area contributed by atoms with Crippen LogP contribution in [-0.4, -0.2) is 19.5 Å². The molecule has 37 heavy (non-hydrogen) atoms. The Balaban J connectivity index is 1.62. The molecule has 0 bridgehead atoms. The zero-order chi connectivity index (χ0) is 25.5. The van der Waals surface area contributed by atoms with Gasteiger partial charge in [-0.15, -0.1) is 0 Å². The summed E-state index contributed by atoms with van der Waals surface area (Å²) < 4.78 is 2.22. The highest BCUT2D eigenvalue weighted by Crippen LogP contribution is 2.37. The first kappa shape index (κ1) is 22.2. The summed E-state index contributed by atoms with van der Waals surface area (Å²) in [7, 11) is 0. The van der Waals surface area contributed by atoms with E-state index in [0.717, 1.165) is 38.6 Å².